The number of para-hydroxylation sites is 2. The number of hydrogen-bond acceptors (Lipinski definition) is 6. The fourth-order valence-corrected chi connectivity index (χ4v) is 3.66. The molecule has 1 aliphatic rings. The zero-order valence-electron chi connectivity index (χ0n) is 15.9. The number of pyridine rings is 1. The minimum atomic E-state index is -0.128. The smallest absolute Gasteiger partial charge is 0.261 e. The van der Waals surface area contributed by atoms with E-state index < -0.39 is 0 Å². The quantitative estimate of drug-likeness (QED) is 0.509. The molecule has 1 amide bonds. The van der Waals surface area contributed by atoms with E-state index in [0.29, 0.717) is 30.3 Å². The lowest BCUT2D eigenvalue weighted by Gasteiger charge is -2.33. The average Bonchev–Trinajstić information content (AvgIpc) is 3.00. The lowest BCUT2D eigenvalue weighted by Crippen LogP contribution is -2.43. The molecule has 0 aliphatic carbocycles. The fourth-order valence-electron chi connectivity index (χ4n) is 3.66. The zero-order valence-corrected chi connectivity index (χ0v) is 15.9. The number of fused-ring (bicyclic) bond motifs is 3. The molecule has 8 nitrogen and oxygen atoms in total. The van der Waals surface area contributed by atoms with Crippen molar-refractivity contribution in [1.82, 2.24) is 24.7 Å². The summed E-state index contributed by atoms with van der Waals surface area (Å²) >= 11 is 0. The summed E-state index contributed by atoms with van der Waals surface area (Å²) in [6.45, 7) is 3.15. The zero-order chi connectivity index (χ0) is 19.4. The fraction of sp³-hybridized carbons (Fsp3) is 0.250. The molecule has 5 rings (SSSR count). The van der Waals surface area contributed by atoms with Gasteiger partial charge in [0.15, 0.2) is 17.3 Å². The van der Waals surface area contributed by atoms with E-state index in [9.17, 15) is 4.79 Å². The summed E-state index contributed by atoms with van der Waals surface area (Å²) in [5.74, 6) is 1.17. The number of rotatable bonds is 1. The van der Waals surface area contributed by atoms with E-state index in [2.05, 4.69) is 10.1 Å². The molecule has 0 fully saturated rings. The van der Waals surface area contributed by atoms with Gasteiger partial charge in [-0.3, -0.25) is 14.4 Å². The van der Waals surface area contributed by atoms with Crippen molar-refractivity contribution in [1.29, 1.82) is 0 Å². The van der Waals surface area contributed by atoms with Crippen LogP contribution in [-0.4, -0.2) is 50.8 Å². The van der Waals surface area contributed by atoms with Gasteiger partial charge in [-0.15, -0.1) is 0 Å². The van der Waals surface area contributed by atoms with Crippen molar-refractivity contribution in [2.75, 3.05) is 29.9 Å². The maximum Gasteiger partial charge on any atom is 0.261 e. The van der Waals surface area contributed by atoms with E-state index >= 15 is 0 Å². The second-order valence-corrected chi connectivity index (χ2v) is 7.04. The lowest BCUT2D eigenvalue weighted by molar-refractivity contribution is 0.0985. The van der Waals surface area contributed by atoms with Gasteiger partial charge in [-0.05, 0) is 25.1 Å². The van der Waals surface area contributed by atoms with Crippen LogP contribution in [0, 0.1) is 6.92 Å². The molecule has 0 saturated carbocycles. The van der Waals surface area contributed by atoms with Crippen LogP contribution in [0.15, 0.2) is 36.5 Å². The Labute approximate surface area is 161 Å². The minimum absolute atomic E-state index is 0.128. The van der Waals surface area contributed by atoms with Crippen LogP contribution in [0.2, 0.25) is 0 Å². The molecular weight excluding hydrogens is 354 g/mol. The van der Waals surface area contributed by atoms with Gasteiger partial charge in [0, 0.05) is 38.8 Å². The largest absolute Gasteiger partial charge is 0.355 e. The Bertz CT molecular complexity index is 1250. The first kappa shape index (κ1) is 16.6. The molecule has 3 aromatic heterocycles. The van der Waals surface area contributed by atoms with Gasteiger partial charge in [0.2, 0.25) is 0 Å². The summed E-state index contributed by atoms with van der Waals surface area (Å²) in [5.41, 5.74) is 3.72. The van der Waals surface area contributed by atoms with Crippen LogP contribution in [0.1, 0.15) is 16.1 Å². The topological polar surface area (TPSA) is 80.0 Å². The molecule has 0 atom stereocenters. The number of benzene rings is 1. The minimum Gasteiger partial charge on any atom is -0.355 e. The molecule has 0 bridgehead atoms. The maximum atomic E-state index is 13.3. The number of anilines is 2. The molecule has 1 aliphatic heterocycles. The molecule has 4 heterocycles. The van der Waals surface area contributed by atoms with Crippen molar-refractivity contribution in [3.63, 3.8) is 0 Å². The number of likely N-dealkylation sites (N-methyl/N-ethyl adjacent to an activating group) is 1. The summed E-state index contributed by atoms with van der Waals surface area (Å²) in [4.78, 5) is 31.0. The van der Waals surface area contributed by atoms with Crippen LogP contribution in [0.25, 0.3) is 22.1 Å². The Balaban J connectivity index is 1.62. The number of nitrogens with zero attached hydrogens (tertiary/aromatic N) is 7. The van der Waals surface area contributed by atoms with Crippen LogP contribution >= 0.6 is 0 Å². The van der Waals surface area contributed by atoms with Gasteiger partial charge in [-0.2, -0.15) is 5.10 Å². The number of carbonyl (C=O) groups is 1. The van der Waals surface area contributed by atoms with Crippen LogP contribution < -0.4 is 9.80 Å². The monoisotopic (exact) mass is 373 g/mol. The Morgan fingerprint density at radius 2 is 1.75 bits per heavy atom. The van der Waals surface area contributed by atoms with Gasteiger partial charge in [-0.1, -0.05) is 12.1 Å². The van der Waals surface area contributed by atoms with Crippen molar-refractivity contribution in [3.05, 3.63) is 47.8 Å². The predicted octanol–water partition coefficient (Wildman–Crippen LogP) is 2.32. The van der Waals surface area contributed by atoms with Gasteiger partial charge < -0.3 is 4.90 Å². The van der Waals surface area contributed by atoms with E-state index in [1.807, 2.05) is 56.3 Å². The summed E-state index contributed by atoms with van der Waals surface area (Å²) in [6, 6.07) is 9.56. The number of aryl methyl sites for hydroxylation is 2. The van der Waals surface area contributed by atoms with Crippen molar-refractivity contribution in [2.45, 2.75) is 6.92 Å². The van der Waals surface area contributed by atoms with E-state index in [1.165, 1.54) is 0 Å². The van der Waals surface area contributed by atoms with Crippen LogP contribution in [0.5, 0.6) is 0 Å². The Kier molecular flexibility index (Phi) is 3.55. The molecule has 0 unspecified atom stereocenters. The lowest BCUT2D eigenvalue weighted by atomic mass is 10.1. The van der Waals surface area contributed by atoms with Crippen molar-refractivity contribution >= 4 is 39.6 Å². The van der Waals surface area contributed by atoms with Gasteiger partial charge >= 0.3 is 0 Å². The summed E-state index contributed by atoms with van der Waals surface area (Å²) in [6.07, 6.45) is 1.61. The highest BCUT2D eigenvalue weighted by molar-refractivity contribution is 6.09. The van der Waals surface area contributed by atoms with E-state index in [-0.39, 0.29) is 5.91 Å². The third-order valence-electron chi connectivity index (χ3n) is 5.17. The number of hydrogen-bond donors (Lipinski definition) is 0. The summed E-state index contributed by atoms with van der Waals surface area (Å²) in [7, 11) is 3.82. The molecule has 0 radical (unpaired) electrons. The second kappa shape index (κ2) is 5.98. The second-order valence-electron chi connectivity index (χ2n) is 7.04. The molecular formula is C20H19N7O. The number of carbonyl (C=O) groups excluding carboxylic acids is 1. The highest BCUT2D eigenvalue weighted by Gasteiger charge is 2.29. The molecule has 4 aromatic rings. The molecule has 1 aromatic carbocycles. The van der Waals surface area contributed by atoms with Crippen molar-refractivity contribution < 1.29 is 4.79 Å². The first-order valence-electron chi connectivity index (χ1n) is 9.12. The molecule has 8 heteroatoms. The van der Waals surface area contributed by atoms with Crippen LogP contribution in [-0.2, 0) is 7.05 Å². The number of aromatic nitrogens is 5. The third kappa shape index (κ3) is 2.41. The molecule has 0 spiro atoms. The highest BCUT2D eigenvalue weighted by atomic mass is 16.2. The van der Waals surface area contributed by atoms with E-state index in [4.69, 9.17) is 9.97 Å². The Morgan fingerprint density at radius 3 is 2.50 bits per heavy atom. The summed E-state index contributed by atoms with van der Waals surface area (Å²) < 4.78 is 1.72. The van der Waals surface area contributed by atoms with Gasteiger partial charge in [0.1, 0.15) is 0 Å². The van der Waals surface area contributed by atoms with E-state index in [0.717, 1.165) is 27.8 Å². The van der Waals surface area contributed by atoms with Gasteiger partial charge in [-0.25, -0.2) is 15.0 Å². The highest BCUT2D eigenvalue weighted by Crippen LogP contribution is 2.31. The number of amides is 1. The first-order valence-corrected chi connectivity index (χ1v) is 9.12. The third-order valence-corrected chi connectivity index (χ3v) is 5.17. The van der Waals surface area contributed by atoms with Crippen molar-refractivity contribution in [2.24, 2.45) is 7.05 Å². The summed E-state index contributed by atoms with van der Waals surface area (Å²) in [5, 5.41) is 5.27. The Hall–Kier alpha value is -3.55. The molecule has 28 heavy (non-hydrogen) atoms. The van der Waals surface area contributed by atoms with Crippen LogP contribution in [0.4, 0.5) is 11.6 Å². The van der Waals surface area contributed by atoms with E-state index in [1.54, 1.807) is 15.8 Å². The normalized spacial score (nSPS) is 14.0. The Morgan fingerprint density at radius 1 is 1.04 bits per heavy atom. The maximum absolute atomic E-state index is 13.3. The standard InChI is InChI=1S/C20H19N7O/c1-12-14-10-13(11-21-17(14)26(3)24-12)20(28)27-9-8-25(2)18-19(27)23-16-7-5-4-6-15(16)22-18/h4-7,10-11H,8-9H2,1-3H3. The predicted molar refractivity (Wildman–Crippen MR) is 108 cm³/mol. The van der Waals surface area contributed by atoms with Crippen molar-refractivity contribution in [3.8, 4) is 0 Å². The molecule has 0 N–H and O–H groups in total. The van der Waals surface area contributed by atoms with Gasteiger partial charge in [0.05, 0.1) is 22.3 Å². The van der Waals surface area contributed by atoms with Crippen LogP contribution in [0.3, 0.4) is 0 Å². The average molecular weight is 373 g/mol. The molecule has 0 saturated heterocycles. The SMILES string of the molecule is Cc1nn(C)c2ncc(C(=O)N3CCN(C)c4nc5ccccc5nc43)cc12. The molecule has 140 valence electrons. The van der Waals surface area contributed by atoms with Gasteiger partial charge in [0.25, 0.3) is 5.91 Å². The first-order chi connectivity index (χ1) is 13.5.